The Hall–Kier alpha value is -3.12. The van der Waals surface area contributed by atoms with E-state index >= 15 is 0 Å². The molecule has 1 aromatic rings. The molecule has 0 saturated carbocycles. The maximum absolute atomic E-state index is 13.9. The summed E-state index contributed by atoms with van der Waals surface area (Å²) in [5.74, 6) is -0.632. The second-order valence-electron chi connectivity index (χ2n) is 12.6. The number of anilines is 1. The topological polar surface area (TPSA) is 119 Å². The van der Waals surface area contributed by atoms with Crippen LogP contribution in [-0.2, 0) is 35.0 Å². The summed E-state index contributed by atoms with van der Waals surface area (Å²) in [6, 6.07) is 2.82. The molecule has 0 radical (unpaired) electrons. The van der Waals surface area contributed by atoms with Gasteiger partial charge in [-0.05, 0) is 59.0 Å². The van der Waals surface area contributed by atoms with Gasteiger partial charge in [0.2, 0.25) is 5.91 Å². The number of alkyl carbamates (subject to hydrolysis) is 1. The predicted octanol–water partition coefficient (Wildman–Crippen LogP) is 4.30. The van der Waals surface area contributed by atoms with E-state index in [-0.39, 0.29) is 24.3 Å². The third-order valence-corrected chi connectivity index (χ3v) is 9.62. The molecule has 1 N–H and O–H groups in total. The summed E-state index contributed by atoms with van der Waals surface area (Å²) in [7, 11) is 8.32. The van der Waals surface area contributed by atoms with Gasteiger partial charge in [-0.2, -0.15) is 0 Å². The van der Waals surface area contributed by atoms with Gasteiger partial charge in [-0.1, -0.05) is 42.3 Å². The van der Waals surface area contributed by atoms with Crippen molar-refractivity contribution in [3.8, 4) is 5.75 Å². The monoisotopic (exact) mass is 647 g/mol. The first-order valence-electron chi connectivity index (χ1n) is 15.2. The lowest BCUT2D eigenvalue weighted by Gasteiger charge is -2.36. The number of benzene rings is 1. The van der Waals surface area contributed by atoms with Crippen molar-refractivity contribution < 1.29 is 38.1 Å². The smallest absolute Gasteiger partial charge is 0.407 e. The summed E-state index contributed by atoms with van der Waals surface area (Å²) < 4.78 is 29.3. The molecule has 2 amide bonds. The molecule has 2 fully saturated rings. The Morgan fingerprint density at radius 1 is 1.24 bits per heavy atom. The minimum absolute atomic E-state index is 0.159. The Labute approximate surface area is 270 Å². The zero-order valence-corrected chi connectivity index (χ0v) is 28.3. The van der Waals surface area contributed by atoms with Crippen molar-refractivity contribution in [1.82, 2.24) is 10.2 Å². The van der Waals surface area contributed by atoms with Crippen LogP contribution in [0, 0.1) is 5.92 Å². The average molecular weight is 648 g/mol. The van der Waals surface area contributed by atoms with Gasteiger partial charge in [-0.25, -0.2) is 4.79 Å². The number of esters is 1. The lowest BCUT2D eigenvalue weighted by molar-refractivity contribution is -0.158. The molecule has 45 heavy (non-hydrogen) atoms. The van der Waals surface area contributed by atoms with Crippen LogP contribution >= 0.6 is 11.6 Å². The first-order chi connectivity index (χ1) is 21.2. The Kier molecular flexibility index (Phi) is 10.9. The van der Waals surface area contributed by atoms with E-state index < -0.39 is 48.1 Å². The highest BCUT2D eigenvalue weighted by Crippen LogP contribution is 2.48. The molecule has 4 rings (SSSR count). The summed E-state index contributed by atoms with van der Waals surface area (Å²) >= 11 is 6.72. The minimum atomic E-state index is -1.00. The van der Waals surface area contributed by atoms with Crippen LogP contribution in [0.15, 0.2) is 35.9 Å². The molecule has 3 aliphatic rings. The van der Waals surface area contributed by atoms with E-state index in [1.807, 2.05) is 51.1 Å². The number of nitrogens with one attached hydrogen (secondary N) is 1. The molecule has 1 unspecified atom stereocenters. The maximum atomic E-state index is 13.9. The third kappa shape index (κ3) is 7.65. The molecule has 2 saturated heterocycles. The van der Waals surface area contributed by atoms with Gasteiger partial charge in [0, 0.05) is 26.5 Å². The lowest BCUT2D eigenvalue weighted by atomic mass is 9.84. The number of methoxy groups -OCH3 is 2. The first kappa shape index (κ1) is 34.7. The number of nitrogens with zero attached hydrogens (tertiary/aromatic N) is 2. The molecule has 0 aromatic heterocycles. The largest absolute Gasteiger partial charge is 0.495 e. The molecule has 0 aliphatic carbocycles. The van der Waals surface area contributed by atoms with E-state index in [9.17, 15) is 14.4 Å². The number of halogens is 1. The summed E-state index contributed by atoms with van der Waals surface area (Å²) in [5, 5.41) is 3.18. The van der Waals surface area contributed by atoms with Crippen molar-refractivity contribution in [1.29, 1.82) is 0 Å². The van der Waals surface area contributed by atoms with E-state index in [4.69, 9.17) is 35.3 Å². The van der Waals surface area contributed by atoms with Gasteiger partial charge in [0.05, 0.1) is 37.5 Å². The molecule has 8 atom stereocenters. The van der Waals surface area contributed by atoms with Gasteiger partial charge in [0.1, 0.15) is 34.6 Å². The number of carbonyl (C=O) groups excluding carboxylic acids is 3. The molecule has 0 spiro atoms. The SMILES string of the molecule is COc1cc2cc(c1Cl)N(C)C(=O)C[C@H](OC(=O)[C@H](C)N(C)C)[C@]1(C)O[C@H]1[C@H](C)[C@@H]1CC(NC(=O)O1)[C@H](OC)/C=C/C=C(\C)C2. The summed E-state index contributed by atoms with van der Waals surface area (Å²) in [6.45, 7) is 7.50. The Balaban J connectivity index is 1.77. The van der Waals surface area contributed by atoms with Crippen LogP contribution in [0.25, 0.3) is 0 Å². The van der Waals surface area contributed by atoms with Crippen molar-refractivity contribution in [2.45, 2.75) is 89.1 Å². The highest BCUT2D eigenvalue weighted by Gasteiger charge is 2.63. The number of amides is 2. The zero-order valence-electron chi connectivity index (χ0n) is 27.6. The number of hydrogen-bond donors (Lipinski definition) is 1. The number of likely N-dealkylation sites (N-methyl/N-ethyl adjacent to an activating group) is 1. The maximum Gasteiger partial charge on any atom is 0.407 e. The first-order valence-corrected chi connectivity index (χ1v) is 15.6. The van der Waals surface area contributed by atoms with E-state index in [1.54, 1.807) is 40.1 Å². The zero-order chi connectivity index (χ0) is 33.2. The Morgan fingerprint density at radius 3 is 2.60 bits per heavy atom. The van der Waals surface area contributed by atoms with Gasteiger partial charge >= 0.3 is 12.1 Å². The molecule has 12 heteroatoms. The summed E-state index contributed by atoms with van der Waals surface area (Å²) in [6.07, 6.45) is 3.88. The van der Waals surface area contributed by atoms with Crippen LogP contribution in [0.3, 0.4) is 0 Å². The van der Waals surface area contributed by atoms with Crippen molar-refractivity contribution in [2.24, 2.45) is 5.92 Å². The van der Waals surface area contributed by atoms with Gasteiger partial charge in [-0.3, -0.25) is 14.5 Å². The van der Waals surface area contributed by atoms with E-state index in [2.05, 4.69) is 5.32 Å². The van der Waals surface area contributed by atoms with Crippen LogP contribution in [-0.4, -0.2) is 100 Å². The molecular weight excluding hydrogens is 602 g/mol. The fourth-order valence-corrected chi connectivity index (χ4v) is 6.32. The molecule has 4 bridgehead atoms. The molecule has 3 aliphatic heterocycles. The van der Waals surface area contributed by atoms with Crippen LogP contribution in [0.2, 0.25) is 5.02 Å². The highest BCUT2D eigenvalue weighted by molar-refractivity contribution is 6.35. The minimum Gasteiger partial charge on any atom is -0.495 e. The molecule has 248 valence electrons. The number of fused-ring (bicyclic) bond motifs is 5. The van der Waals surface area contributed by atoms with Crippen LogP contribution in [0.1, 0.15) is 46.1 Å². The summed E-state index contributed by atoms with van der Waals surface area (Å²) in [5.41, 5.74) is 1.40. The van der Waals surface area contributed by atoms with Crippen LogP contribution in [0.5, 0.6) is 5.75 Å². The highest BCUT2D eigenvalue weighted by atomic mass is 35.5. The van der Waals surface area contributed by atoms with Gasteiger partial charge in [-0.15, -0.1) is 0 Å². The van der Waals surface area contributed by atoms with E-state index in [1.165, 1.54) is 12.0 Å². The van der Waals surface area contributed by atoms with Crippen LogP contribution in [0.4, 0.5) is 10.5 Å². The molecule has 1 aromatic carbocycles. The fourth-order valence-electron chi connectivity index (χ4n) is 6.00. The second kappa shape index (κ2) is 14.1. The van der Waals surface area contributed by atoms with Crippen molar-refractivity contribution in [2.75, 3.05) is 40.3 Å². The van der Waals surface area contributed by atoms with Crippen molar-refractivity contribution in [3.63, 3.8) is 0 Å². The van der Waals surface area contributed by atoms with E-state index in [0.29, 0.717) is 29.3 Å². The Morgan fingerprint density at radius 2 is 1.96 bits per heavy atom. The second-order valence-corrected chi connectivity index (χ2v) is 13.0. The third-order valence-electron chi connectivity index (χ3n) is 9.24. The van der Waals surface area contributed by atoms with Gasteiger partial charge < -0.3 is 33.9 Å². The van der Waals surface area contributed by atoms with Gasteiger partial charge in [0.15, 0.2) is 0 Å². The van der Waals surface area contributed by atoms with E-state index in [0.717, 1.165) is 11.1 Å². The predicted molar refractivity (Wildman–Crippen MR) is 171 cm³/mol. The fraction of sp³-hybridized carbons (Fsp3) is 0.606. The number of rotatable bonds is 5. The molecule has 3 heterocycles. The number of epoxide rings is 1. The summed E-state index contributed by atoms with van der Waals surface area (Å²) in [4.78, 5) is 43.0. The lowest BCUT2D eigenvalue weighted by Crippen LogP contribution is -2.53. The number of ether oxygens (including phenoxy) is 5. The number of carbonyl (C=O) groups is 3. The normalized spacial score (nSPS) is 33.2. The molecular formula is C33H46ClN3O8. The van der Waals surface area contributed by atoms with Crippen molar-refractivity contribution in [3.05, 3.63) is 46.5 Å². The number of allylic oxidation sites excluding steroid dienone is 3. The quantitative estimate of drug-likeness (QED) is 0.369. The van der Waals surface area contributed by atoms with Crippen LogP contribution < -0.4 is 15.0 Å². The van der Waals surface area contributed by atoms with Gasteiger partial charge in [0.25, 0.3) is 0 Å². The standard InChI is InChI=1S/C33H46ClN3O8/c1-18-11-10-12-24(41-8)22-16-25(43-32(40)35-22)19(2)30-33(4,45-30)27(44-31(39)20(3)36(5)6)17-28(38)37(7)23-14-21(13-18)15-26(42-9)29(23)34/h10-12,14-15,19-20,22,24-25,27,30H,13,16-17H2,1-9H3,(H,35,40)/b12-10+,18-11+/t19-,20+,22?,24-,25+,27+,30+,33+/m1/s1. The molecule has 11 nitrogen and oxygen atoms in total. The Bertz CT molecular complexity index is 1350. The average Bonchev–Trinajstić information content (AvgIpc) is 3.69. The number of hydrogen-bond acceptors (Lipinski definition) is 9. The van der Waals surface area contributed by atoms with Crippen molar-refractivity contribution >= 4 is 35.3 Å².